The van der Waals surface area contributed by atoms with Crippen LogP contribution < -0.4 is 5.73 Å². The summed E-state index contributed by atoms with van der Waals surface area (Å²) in [6, 6.07) is 17.2. The van der Waals surface area contributed by atoms with Gasteiger partial charge in [-0.05, 0) is 24.6 Å². The number of nitrogens with one attached hydrogen (secondary N) is 1. The van der Waals surface area contributed by atoms with E-state index in [9.17, 15) is 4.79 Å². The van der Waals surface area contributed by atoms with Crippen LogP contribution in [0, 0.1) is 5.41 Å². The molecule has 6 heteroatoms. The van der Waals surface area contributed by atoms with E-state index < -0.39 is 0 Å². The van der Waals surface area contributed by atoms with Gasteiger partial charge in [-0.2, -0.15) is 0 Å². The molecule has 0 saturated heterocycles. The zero-order valence-corrected chi connectivity index (χ0v) is 14.7. The molecule has 5 nitrogen and oxygen atoms in total. The minimum absolute atomic E-state index is 0. The molecule has 2 aromatic carbocycles. The lowest BCUT2D eigenvalue weighted by atomic mass is 10.1. The fraction of sp³-hybridized carbons (Fsp3) is 0.158. The predicted octanol–water partition coefficient (Wildman–Crippen LogP) is 3.57. The van der Waals surface area contributed by atoms with Gasteiger partial charge in [-0.1, -0.05) is 42.5 Å². The maximum Gasteiger partial charge on any atom is 0.354 e. The molecule has 0 fully saturated rings. The molecule has 0 spiro atoms. The van der Waals surface area contributed by atoms with Crippen molar-refractivity contribution in [1.82, 2.24) is 4.57 Å². The predicted molar refractivity (Wildman–Crippen MR) is 102 cm³/mol. The SMILES string of the molecule is CCOC(=O)c1cc2ccccc2n1Cc1ccc(C(=N)N)cc1.Cl. The number of carbonyl (C=O) groups is 1. The zero-order chi connectivity index (χ0) is 17.1. The van der Waals surface area contributed by atoms with E-state index in [0.717, 1.165) is 16.5 Å². The van der Waals surface area contributed by atoms with E-state index in [2.05, 4.69) is 0 Å². The number of amidine groups is 1. The van der Waals surface area contributed by atoms with Crippen molar-refractivity contribution in [3.05, 3.63) is 71.4 Å². The number of halogens is 1. The highest BCUT2D eigenvalue weighted by Crippen LogP contribution is 2.22. The summed E-state index contributed by atoms with van der Waals surface area (Å²) >= 11 is 0. The average Bonchev–Trinajstić information content (AvgIpc) is 2.94. The third-order valence-electron chi connectivity index (χ3n) is 3.90. The van der Waals surface area contributed by atoms with Crippen LogP contribution in [0.1, 0.15) is 28.5 Å². The summed E-state index contributed by atoms with van der Waals surface area (Å²) in [5, 5.41) is 8.46. The Kier molecular flexibility index (Phi) is 5.83. The molecule has 0 aliphatic carbocycles. The number of hydrogen-bond donors (Lipinski definition) is 2. The molecule has 0 unspecified atom stereocenters. The lowest BCUT2D eigenvalue weighted by Gasteiger charge is -2.11. The van der Waals surface area contributed by atoms with Crippen molar-refractivity contribution in [2.24, 2.45) is 5.73 Å². The van der Waals surface area contributed by atoms with Crippen LogP contribution in [0.4, 0.5) is 0 Å². The number of benzene rings is 2. The molecule has 0 atom stereocenters. The lowest BCUT2D eigenvalue weighted by molar-refractivity contribution is 0.0515. The van der Waals surface area contributed by atoms with Crippen LogP contribution in [0.5, 0.6) is 0 Å². The first kappa shape index (κ1) is 18.5. The van der Waals surface area contributed by atoms with Crippen molar-refractivity contribution in [2.75, 3.05) is 6.61 Å². The number of ether oxygens (including phenoxy) is 1. The lowest BCUT2D eigenvalue weighted by Crippen LogP contribution is -2.13. The number of para-hydroxylation sites is 1. The van der Waals surface area contributed by atoms with Crippen LogP contribution in [0.3, 0.4) is 0 Å². The standard InChI is InChI=1S/C19H19N3O2.ClH/c1-2-24-19(23)17-11-15-5-3-4-6-16(15)22(17)12-13-7-9-14(10-8-13)18(20)21;/h3-11H,2,12H2,1H3,(H3,20,21);1H. The fourth-order valence-corrected chi connectivity index (χ4v) is 2.73. The van der Waals surface area contributed by atoms with Gasteiger partial charge < -0.3 is 15.0 Å². The van der Waals surface area contributed by atoms with Crippen LogP contribution in [0.25, 0.3) is 10.9 Å². The Hall–Kier alpha value is -2.79. The zero-order valence-electron chi connectivity index (χ0n) is 13.9. The number of nitrogens with two attached hydrogens (primary N) is 1. The number of aromatic nitrogens is 1. The molecule has 0 amide bonds. The maximum absolute atomic E-state index is 12.3. The Labute approximate surface area is 152 Å². The summed E-state index contributed by atoms with van der Waals surface area (Å²) in [6.07, 6.45) is 0. The molecular weight excluding hydrogens is 338 g/mol. The van der Waals surface area contributed by atoms with Gasteiger partial charge in [0.05, 0.1) is 6.61 Å². The monoisotopic (exact) mass is 357 g/mol. The van der Waals surface area contributed by atoms with Gasteiger partial charge in [-0.25, -0.2) is 4.79 Å². The number of hydrogen-bond acceptors (Lipinski definition) is 3. The largest absolute Gasteiger partial charge is 0.461 e. The van der Waals surface area contributed by atoms with E-state index in [4.69, 9.17) is 15.9 Å². The molecule has 1 aromatic heterocycles. The van der Waals surface area contributed by atoms with Gasteiger partial charge in [0.15, 0.2) is 0 Å². The molecule has 3 rings (SSSR count). The third-order valence-corrected chi connectivity index (χ3v) is 3.90. The quantitative estimate of drug-likeness (QED) is 0.416. The Bertz CT molecular complexity index is 901. The molecule has 3 N–H and O–H groups in total. The summed E-state index contributed by atoms with van der Waals surface area (Å²) in [4.78, 5) is 12.3. The van der Waals surface area contributed by atoms with E-state index in [1.807, 2.05) is 59.2 Å². The second-order valence-corrected chi connectivity index (χ2v) is 5.51. The highest BCUT2D eigenvalue weighted by atomic mass is 35.5. The smallest absolute Gasteiger partial charge is 0.354 e. The van der Waals surface area contributed by atoms with Crippen molar-refractivity contribution in [3.63, 3.8) is 0 Å². The molecule has 0 aliphatic rings. The van der Waals surface area contributed by atoms with E-state index in [-0.39, 0.29) is 24.2 Å². The van der Waals surface area contributed by atoms with Crippen molar-refractivity contribution in [2.45, 2.75) is 13.5 Å². The number of rotatable bonds is 5. The van der Waals surface area contributed by atoms with Gasteiger partial charge in [-0.3, -0.25) is 5.41 Å². The van der Waals surface area contributed by atoms with Gasteiger partial charge in [0, 0.05) is 23.0 Å². The first-order valence-corrected chi connectivity index (χ1v) is 7.79. The Morgan fingerprint density at radius 3 is 2.48 bits per heavy atom. The van der Waals surface area contributed by atoms with Gasteiger partial charge in [0.1, 0.15) is 11.5 Å². The van der Waals surface area contributed by atoms with Crippen LogP contribution in [-0.2, 0) is 11.3 Å². The Balaban J connectivity index is 0.00000225. The van der Waals surface area contributed by atoms with E-state index >= 15 is 0 Å². The van der Waals surface area contributed by atoms with E-state index in [1.54, 1.807) is 6.92 Å². The summed E-state index contributed by atoms with van der Waals surface area (Å²) in [5.74, 6) is -0.283. The van der Waals surface area contributed by atoms with E-state index in [1.165, 1.54) is 0 Å². The minimum atomic E-state index is -0.325. The molecule has 0 aliphatic heterocycles. The summed E-state index contributed by atoms with van der Waals surface area (Å²) < 4.78 is 7.14. The number of esters is 1. The molecule has 25 heavy (non-hydrogen) atoms. The van der Waals surface area contributed by atoms with Gasteiger partial charge in [0.2, 0.25) is 0 Å². The molecule has 130 valence electrons. The first-order chi connectivity index (χ1) is 11.6. The highest BCUT2D eigenvalue weighted by molar-refractivity contribution is 5.96. The number of carbonyl (C=O) groups excluding carboxylic acids is 1. The van der Waals surface area contributed by atoms with Crippen LogP contribution in [0.2, 0.25) is 0 Å². The van der Waals surface area contributed by atoms with Crippen molar-refractivity contribution in [3.8, 4) is 0 Å². The normalized spacial score (nSPS) is 10.3. The van der Waals surface area contributed by atoms with Crippen LogP contribution in [0.15, 0.2) is 54.6 Å². The Morgan fingerprint density at radius 1 is 1.16 bits per heavy atom. The van der Waals surface area contributed by atoms with Gasteiger partial charge in [0.25, 0.3) is 0 Å². The van der Waals surface area contributed by atoms with Gasteiger partial charge in [-0.15, -0.1) is 12.4 Å². The third kappa shape index (κ3) is 3.83. The minimum Gasteiger partial charge on any atom is -0.461 e. The van der Waals surface area contributed by atoms with Crippen LogP contribution in [-0.4, -0.2) is 23.0 Å². The number of nitrogen functional groups attached to an aromatic ring is 1. The second-order valence-electron chi connectivity index (χ2n) is 5.51. The molecule has 3 aromatic rings. The summed E-state index contributed by atoms with van der Waals surface area (Å²) in [5.41, 5.74) is 8.71. The van der Waals surface area contributed by atoms with Gasteiger partial charge >= 0.3 is 5.97 Å². The topological polar surface area (TPSA) is 81.1 Å². The van der Waals surface area contributed by atoms with E-state index in [0.29, 0.717) is 24.4 Å². The molecular formula is C19H20ClN3O2. The summed E-state index contributed by atoms with van der Waals surface area (Å²) in [6.45, 7) is 2.68. The maximum atomic E-state index is 12.3. The number of nitrogens with zero attached hydrogens (tertiary/aromatic N) is 1. The van der Waals surface area contributed by atoms with Crippen molar-refractivity contribution in [1.29, 1.82) is 5.41 Å². The van der Waals surface area contributed by atoms with Crippen molar-refractivity contribution >= 4 is 35.1 Å². The summed E-state index contributed by atoms with van der Waals surface area (Å²) in [7, 11) is 0. The fourth-order valence-electron chi connectivity index (χ4n) is 2.73. The molecule has 0 radical (unpaired) electrons. The second kappa shape index (κ2) is 7.85. The first-order valence-electron chi connectivity index (χ1n) is 7.79. The highest BCUT2D eigenvalue weighted by Gasteiger charge is 2.16. The molecule has 0 bridgehead atoms. The Morgan fingerprint density at radius 2 is 1.84 bits per heavy atom. The average molecular weight is 358 g/mol. The van der Waals surface area contributed by atoms with Crippen LogP contribution >= 0.6 is 12.4 Å². The molecule has 1 heterocycles. The molecule has 0 saturated carbocycles. The van der Waals surface area contributed by atoms with Crippen molar-refractivity contribution < 1.29 is 9.53 Å². The number of fused-ring (bicyclic) bond motifs is 1.